The molecule has 0 unspecified atom stereocenters. The van der Waals surface area contributed by atoms with Gasteiger partial charge in [0.25, 0.3) is 0 Å². The molecular weight excluding hydrogens is 406 g/mol. The van der Waals surface area contributed by atoms with Crippen molar-refractivity contribution in [3.8, 4) is 5.75 Å². The number of rotatable bonds is 9. The van der Waals surface area contributed by atoms with E-state index < -0.39 is 11.6 Å². The lowest BCUT2D eigenvalue weighted by Gasteiger charge is -2.29. The van der Waals surface area contributed by atoms with Crippen molar-refractivity contribution in [3.05, 3.63) is 59.9 Å². The van der Waals surface area contributed by atoms with E-state index in [1.54, 1.807) is 55.7 Å². The van der Waals surface area contributed by atoms with Gasteiger partial charge in [-0.05, 0) is 54.7 Å². The number of hydrogen-bond acceptors (Lipinski definition) is 5. The van der Waals surface area contributed by atoms with E-state index >= 15 is 0 Å². The van der Waals surface area contributed by atoms with Crippen LogP contribution >= 0.6 is 12.4 Å². The lowest BCUT2D eigenvalue weighted by atomic mass is 9.91. The van der Waals surface area contributed by atoms with Gasteiger partial charge < -0.3 is 20.5 Å². The van der Waals surface area contributed by atoms with Crippen LogP contribution in [0, 0.1) is 5.92 Å². The number of phenols is 1. The van der Waals surface area contributed by atoms with Crippen LogP contribution in [0.15, 0.2) is 48.8 Å². The van der Waals surface area contributed by atoms with E-state index in [9.17, 15) is 14.7 Å². The van der Waals surface area contributed by atoms with Crippen molar-refractivity contribution in [1.82, 2.24) is 15.6 Å². The fraction of sp³-hybridized carbons (Fsp3) is 0.409. The van der Waals surface area contributed by atoms with Gasteiger partial charge in [-0.1, -0.05) is 26.0 Å². The summed E-state index contributed by atoms with van der Waals surface area (Å²) >= 11 is 0. The van der Waals surface area contributed by atoms with Crippen LogP contribution in [0.4, 0.5) is 4.79 Å². The van der Waals surface area contributed by atoms with E-state index in [-0.39, 0.29) is 37.1 Å². The van der Waals surface area contributed by atoms with Gasteiger partial charge in [-0.2, -0.15) is 0 Å². The molecule has 0 radical (unpaired) electrons. The quantitative estimate of drug-likeness (QED) is 0.558. The Labute approximate surface area is 183 Å². The predicted molar refractivity (Wildman–Crippen MR) is 117 cm³/mol. The van der Waals surface area contributed by atoms with Gasteiger partial charge in [0.05, 0.1) is 0 Å². The number of carbonyl (C=O) groups excluding carboxylic acids is 2. The highest BCUT2D eigenvalue weighted by atomic mass is 35.5. The molecule has 0 aliphatic heterocycles. The number of ether oxygens (including phenoxy) is 1. The van der Waals surface area contributed by atoms with Crippen LogP contribution in [-0.2, 0) is 22.6 Å². The number of benzene rings is 1. The maximum atomic E-state index is 12.9. The summed E-state index contributed by atoms with van der Waals surface area (Å²) in [6.07, 6.45) is 3.65. The highest BCUT2D eigenvalue weighted by molar-refractivity contribution is 5.89. The molecule has 0 aliphatic rings. The largest absolute Gasteiger partial charge is 0.508 e. The molecule has 2 amide bonds. The second-order valence-corrected chi connectivity index (χ2v) is 7.67. The highest BCUT2D eigenvalue weighted by Crippen LogP contribution is 2.18. The third kappa shape index (κ3) is 8.29. The first kappa shape index (κ1) is 25.2. The van der Waals surface area contributed by atoms with Gasteiger partial charge in [-0.3, -0.25) is 9.78 Å². The fourth-order valence-corrected chi connectivity index (χ4v) is 2.76. The lowest BCUT2D eigenvalue weighted by molar-refractivity contribution is -0.126. The Morgan fingerprint density at radius 2 is 1.73 bits per heavy atom. The van der Waals surface area contributed by atoms with Crippen LogP contribution in [0.1, 0.15) is 38.3 Å². The summed E-state index contributed by atoms with van der Waals surface area (Å²) in [6.45, 7) is 6.43. The highest BCUT2D eigenvalue weighted by Gasteiger charge is 2.35. The number of halogens is 1. The fourth-order valence-electron chi connectivity index (χ4n) is 2.76. The van der Waals surface area contributed by atoms with Crippen molar-refractivity contribution < 1.29 is 19.4 Å². The number of carbonyl (C=O) groups is 2. The third-order valence-electron chi connectivity index (χ3n) is 4.50. The van der Waals surface area contributed by atoms with E-state index in [4.69, 9.17) is 4.74 Å². The number of phenolic OH excluding ortho intramolecular Hbond substituents is 1. The van der Waals surface area contributed by atoms with Crippen molar-refractivity contribution in [2.45, 2.75) is 45.8 Å². The molecular formula is C22H30ClN3O4. The minimum Gasteiger partial charge on any atom is -0.508 e. The van der Waals surface area contributed by atoms with Crippen molar-refractivity contribution in [1.29, 1.82) is 0 Å². The van der Waals surface area contributed by atoms with Gasteiger partial charge in [0.15, 0.2) is 0 Å². The summed E-state index contributed by atoms with van der Waals surface area (Å²) in [4.78, 5) is 29.2. The van der Waals surface area contributed by atoms with Crippen molar-refractivity contribution in [2.24, 2.45) is 5.92 Å². The number of aromatic nitrogens is 1. The minimum atomic E-state index is -1.21. The molecule has 7 nitrogen and oxygen atoms in total. The minimum absolute atomic E-state index is 0. The Balaban J connectivity index is 0.00000450. The predicted octanol–water partition coefficient (Wildman–Crippen LogP) is 3.60. The molecule has 1 atom stereocenters. The Morgan fingerprint density at radius 3 is 2.33 bits per heavy atom. The maximum Gasteiger partial charge on any atom is 0.408 e. The first-order valence-corrected chi connectivity index (χ1v) is 9.68. The van der Waals surface area contributed by atoms with E-state index in [1.807, 2.05) is 0 Å². The molecule has 0 saturated heterocycles. The van der Waals surface area contributed by atoms with Crippen LogP contribution in [0.3, 0.4) is 0 Å². The Kier molecular flexibility index (Phi) is 10.1. The average molecular weight is 436 g/mol. The topological polar surface area (TPSA) is 101 Å². The number of nitrogens with one attached hydrogen (secondary N) is 2. The molecule has 1 heterocycles. The van der Waals surface area contributed by atoms with Gasteiger partial charge in [0.2, 0.25) is 5.91 Å². The molecule has 0 aliphatic carbocycles. The molecule has 0 saturated carbocycles. The summed E-state index contributed by atoms with van der Waals surface area (Å²) < 4.78 is 5.28. The molecule has 2 rings (SSSR count). The second kappa shape index (κ2) is 12.0. The summed E-state index contributed by atoms with van der Waals surface area (Å²) in [6, 6.07) is 10.0. The third-order valence-corrected chi connectivity index (χ3v) is 4.50. The Bertz CT molecular complexity index is 800. The van der Waals surface area contributed by atoms with Gasteiger partial charge in [0, 0.05) is 25.4 Å². The molecule has 1 aromatic carbocycles. The lowest BCUT2D eigenvalue weighted by Crippen LogP contribution is -2.58. The average Bonchev–Trinajstić information content (AvgIpc) is 2.68. The van der Waals surface area contributed by atoms with Crippen LogP contribution in [0.25, 0.3) is 0 Å². The van der Waals surface area contributed by atoms with E-state index in [1.165, 1.54) is 0 Å². The molecule has 1 aromatic heterocycles. The zero-order valence-corrected chi connectivity index (χ0v) is 18.4. The Morgan fingerprint density at radius 1 is 1.10 bits per heavy atom. The number of alkyl carbamates (subject to hydrolysis) is 1. The first-order chi connectivity index (χ1) is 13.8. The summed E-state index contributed by atoms with van der Waals surface area (Å²) in [5.74, 6) is 0.311. The standard InChI is InChI=1S/C22H29N3O4.ClH/c1-16(2)8-13-24-20(27)22(3,14-17-4-6-19(26)7-5-17)25-21(28)29-15-18-9-11-23-12-10-18;/h4-7,9-12,16,26H,8,13-15H2,1-3H3,(H,24,27)(H,25,28);1H/t22-;/m0./s1. The van der Waals surface area contributed by atoms with Crippen LogP contribution in [-0.4, -0.2) is 34.2 Å². The summed E-state index contributed by atoms with van der Waals surface area (Å²) in [5, 5.41) is 15.1. The number of hydrogen-bond donors (Lipinski definition) is 3. The SMILES string of the molecule is CC(C)CCNC(=O)[C@](C)(Cc1ccc(O)cc1)NC(=O)OCc1ccncc1.Cl. The first-order valence-electron chi connectivity index (χ1n) is 9.68. The molecule has 164 valence electrons. The van der Waals surface area contributed by atoms with Gasteiger partial charge in [0.1, 0.15) is 17.9 Å². The molecule has 3 N–H and O–H groups in total. The number of pyridine rings is 1. The molecule has 8 heteroatoms. The number of amides is 2. The van der Waals surface area contributed by atoms with Gasteiger partial charge >= 0.3 is 6.09 Å². The van der Waals surface area contributed by atoms with E-state index in [0.717, 1.165) is 17.5 Å². The Hall–Kier alpha value is -2.80. The molecule has 2 aromatic rings. The monoisotopic (exact) mass is 435 g/mol. The zero-order chi connectivity index (χ0) is 21.3. The normalized spacial score (nSPS) is 12.4. The van der Waals surface area contributed by atoms with Crippen LogP contribution in [0.2, 0.25) is 0 Å². The van der Waals surface area contributed by atoms with Crippen molar-refractivity contribution in [3.63, 3.8) is 0 Å². The molecule has 30 heavy (non-hydrogen) atoms. The molecule has 0 spiro atoms. The van der Waals surface area contributed by atoms with Crippen molar-refractivity contribution in [2.75, 3.05) is 6.54 Å². The smallest absolute Gasteiger partial charge is 0.408 e. The van der Waals surface area contributed by atoms with Crippen LogP contribution < -0.4 is 10.6 Å². The second-order valence-electron chi connectivity index (χ2n) is 7.67. The summed E-state index contributed by atoms with van der Waals surface area (Å²) in [7, 11) is 0. The van der Waals surface area contributed by atoms with Crippen molar-refractivity contribution >= 4 is 24.4 Å². The van der Waals surface area contributed by atoms with E-state index in [0.29, 0.717) is 12.5 Å². The molecule has 0 bridgehead atoms. The van der Waals surface area contributed by atoms with E-state index in [2.05, 4.69) is 29.5 Å². The maximum absolute atomic E-state index is 12.9. The number of nitrogens with zero attached hydrogens (tertiary/aromatic N) is 1. The number of aromatic hydroxyl groups is 1. The summed E-state index contributed by atoms with van der Waals surface area (Å²) in [5.41, 5.74) is 0.402. The molecule has 0 fully saturated rings. The van der Waals surface area contributed by atoms with Crippen LogP contribution in [0.5, 0.6) is 5.75 Å². The van der Waals surface area contributed by atoms with Gasteiger partial charge in [-0.25, -0.2) is 4.79 Å². The van der Waals surface area contributed by atoms with Gasteiger partial charge in [-0.15, -0.1) is 12.4 Å². The zero-order valence-electron chi connectivity index (χ0n) is 17.6.